The summed E-state index contributed by atoms with van der Waals surface area (Å²) in [4.78, 5) is 23.6. The average Bonchev–Trinajstić information content (AvgIpc) is 2.60. The van der Waals surface area contributed by atoms with Gasteiger partial charge >= 0.3 is 6.18 Å². The average molecular weight is 405 g/mol. The number of hydrogen-bond acceptors (Lipinski definition) is 4. The normalized spacial score (nSPS) is 15.3. The van der Waals surface area contributed by atoms with E-state index < -0.39 is 11.7 Å². The number of hydrogen-bond donors (Lipinski definition) is 0. The number of carbonyl (C=O) groups is 1. The van der Waals surface area contributed by atoms with Crippen LogP contribution < -0.4 is 4.90 Å². The molecule has 3 heterocycles. The van der Waals surface area contributed by atoms with Crippen LogP contribution >= 0.6 is 23.2 Å². The Kier molecular flexibility index (Phi) is 5.24. The zero-order chi connectivity index (χ0) is 18.9. The minimum absolute atomic E-state index is 0.0690. The van der Waals surface area contributed by atoms with Gasteiger partial charge in [0.2, 0.25) is 0 Å². The van der Waals surface area contributed by atoms with Crippen molar-refractivity contribution in [2.75, 3.05) is 31.1 Å². The van der Waals surface area contributed by atoms with Crippen LogP contribution in [0.4, 0.5) is 19.0 Å². The van der Waals surface area contributed by atoms with Crippen molar-refractivity contribution in [1.82, 2.24) is 14.9 Å². The van der Waals surface area contributed by atoms with Gasteiger partial charge in [-0.15, -0.1) is 0 Å². The van der Waals surface area contributed by atoms with E-state index in [0.717, 1.165) is 12.3 Å². The highest BCUT2D eigenvalue weighted by atomic mass is 35.5. The number of anilines is 1. The van der Waals surface area contributed by atoms with Crippen molar-refractivity contribution in [3.8, 4) is 0 Å². The summed E-state index contributed by atoms with van der Waals surface area (Å²) in [5.74, 6) is 0.0964. The Balaban J connectivity index is 1.68. The molecule has 138 valence electrons. The zero-order valence-electron chi connectivity index (χ0n) is 13.3. The Labute approximate surface area is 157 Å². The molecule has 2 aromatic heterocycles. The maximum absolute atomic E-state index is 12.7. The van der Waals surface area contributed by atoms with E-state index in [2.05, 4.69) is 9.97 Å². The van der Waals surface area contributed by atoms with Gasteiger partial charge in [-0.2, -0.15) is 13.2 Å². The minimum atomic E-state index is -4.49. The lowest BCUT2D eigenvalue weighted by Gasteiger charge is -2.35. The molecular formula is C16H13Cl2F3N4O. The van der Waals surface area contributed by atoms with Crippen LogP contribution in [-0.2, 0) is 6.18 Å². The first kappa shape index (κ1) is 18.7. The summed E-state index contributed by atoms with van der Waals surface area (Å²) in [6.45, 7) is 1.58. The molecule has 0 aliphatic carbocycles. The maximum Gasteiger partial charge on any atom is 0.417 e. The summed E-state index contributed by atoms with van der Waals surface area (Å²) in [5, 5.41) is 0.163. The number of piperazine rings is 1. The summed E-state index contributed by atoms with van der Waals surface area (Å²) >= 11 is 11.8. The number of rotatable bonds is 2. The van der Waals surface area contributed by atoms with Crippen molar-refractivity contribution in [2.45, 2.75) is 6.18 Å². The second-order valence-corrected chi connectivity index (χ2v) is 6.47. The van der Waals surface area contributed by atoms with Crippen LogP contribution in [-0.4, -0.2) is 47.0 Å². The molecule has 10 heteroatoms. The first-order chi connectivity index (χ1) is 12.3. The second-order valence-electron chi connectivity index (χ2n) is 5.67. The second kappa shape index (κ2) is 7.28. The molecule has 5 nitrogen and oxygen atoms in total. The molecule has 0 spiro atoms. The predicted molar refractivity (Wildman–Crippen MR) is 91.6 cm³/mol. The Morgan fingerprint density at radius 2 is 1.77 bits per heavy atom. The molecule has 3 rings (SSSR count). The number of nitrogens with zero attached hydrogens (tertiary/aromatic N) is 4. The van der Waals surface area contributed by atoms with Crippen molar-refractivity contribution in [2.24, 2.45) is 0 Å². The van der Waals surface area contributed by atoms with Crippen LogP contribution in [0.15, 0.2) is 30.6 Å². The molecule has 0 aromatic carbocycles. The van der Waals surface area contributed by atoms with Gasteiger partial charge in [0.05, 0.1) is 10.6 Å². The van der Waals surface area contributed by atoms with Gasteiger partial charge in [-0.25, -0.2) is 9.97 Å². The van der Waals surface area contributed by atoms with Gasteiger partial charge in [0.1, 0.15) is 11.0 Å². The molecule has 1 aliphatic rings. The quantitative estimate of drug-likeness (QED) is 0.714. The molecule has 1 saturated heterocycles. The fourth-order valence-corrected chi connectivity index (χ4v) is 3.12. The Bertz CT molecular complexity index is 823. The van der Waals surface area contributed by atoms with Crippen LogP contribution in [0.1, 0.15) is 15.9 Å². The predicted octanol–water partition coefficient (Wildman–Crippen LogP) is 3.76. The van der Waals surface area contributed by atoms with E-state index in [0.29, 0.717) is 31.7 Å². The van der Waals surface area contributed by atoms with Gasteiger partial charge in [0.15, 0.2) is 0 Å². The molecule has 1 aliphatic heterocycles. The molecule has 0 atom stereocenters. The molecule has 0 radical (unpaired) electrons. The minimum Gasteiger partial charge on any atom is -0.352 e. The van der Waals surface area contributed by atoms with E-state index >= 15 is 0 Å². The van der Waals surface area contributed by atoms with Crippen molar-refractivity contribution >= 4 is 34.9 Å². The van der Waals surface area contributed by atoms with Gasteiger partial charge < -0.3 is 9.80 Å². The van der Waals surface area contributed by atoms with Crippen molar-refractivity contribution < 1.29 is 18.0 Å². The van der Waals surface area contributed by atoms with E-state index in [-0.39, 0.29) is 21.9 Å². The number of alkyl halides is 3. The highest BCUT2D eigenvalue weighted by Crippen LogP contribution is 2.33. The molecule has 0 bridgehead atoms. The van der Waals surface area contributed by atoms with Crippen molar-refractivity contribution in [3.63, 3.8) is 0 Å². The fraction of sp³-hybridized carbons (Fsp3) is 0.312. The smallest absolute Gasteiger partial charge is 0.352 e. The summed E-state index contributed by atoms with van der Waals surface area (Å²) in [7, 11) is 0. The third kappa shape index (κ3) is 4.02. The number of aromatic nitrogens is 2. The largest absolute Gasteiger partial charge is 0.417 e. The van der Waals surface area contributed by atoms with E-state index in [1.165, 1.54) is 12.3 Å². The van der Waals surface area contributed by atoms with Crippen LogP contribution in [0.2, 0.25) is 10.2 Å². The van der Waals surface area contributed by atoms with Gasteiger partial charge in [0, 0.05) is 44.1 Å². The van der Waals surface area contributed by atoms with Gasteiger partial charge in [-0.3, -0.25) is 4.79 Å². The third-order valence-corrected chi connectivity index (χ3v) is 4.47. The first-order valence-corrected chi connectivity index (χ1v) is 8.40. The van der Waals surface area contributed by atoms with Crippen LogP contribution in [0.3, 0.4) is 0 Å². The maximum atomic E-state index is 12.7. The van der Waals surface area contributed by atoms with Crippen molar-refractivity contribution in [1.29, 1.82) is 0 Å². The number of carbonyl (C=O) groups excluding carboxylic acids is 1. The van der Waals surface area contributed by atoms with Crippen LogP contribution in [0.5, 0.6) is 0 Å². The molecule has 1 fully saturated rings. The SMILES string of the molecule is O=C(c1ccnc(Cl)c1)N1CCN(c2ncc(C(F)(F)F)cc2Cl)CC1. The first-order valence-electron chi connectivity index (χ1n) is 7.64. The van der Waals surface area contributed by atoms with E-state index in [9.17, 15) is 18.0 Å². The molecule has 26 heavy (non-hydrogen) atoms. The Morgan fingerprint density at radius 1 is 1.08 bits per heavy atom. The van der Waals surface area contributed by atoms with E-state index in [1.807, 2.05) is 0 Å². The zero-order valence-corrected chi connectivity index (χ0v) is 14.8. The van der Waals surface area contributed by atoms with Gasteiger partial charge in [0.25, 0.3) is 5.91 Å². The highest BCUT2D eigenvalue weighted by Gasteiger charge is 2.32. The standard InChI is InChI=1S/C16H13Cl2F3N4O/c17-12-8-11(16(19,20)21)9-23-14(12)24-3-5-25(6-4-24)15(26)10-1-2-22-13(18)7-10/h1-2,7-9H,3-6H2. The summed E-state index contributed by atoms with van der Waals surface area (Å²) in [6, 6.07) is 3.93. The highest BCUT2D eigenvalue weighted by molar-refractivity contribution is 6.33. The summed E-state index contributed by atoms with van der Waals surface area (Å²) in [6.07, 6.45) is -2.28. The topological polar surface area (TPSA) is 49.3 Å². The lowest BCUT2D eigenvalue weighted by molar-refractivity contribution is -0.137. The molecule has 2 aromatic rings. The fourth-order valence-electron chi connectivity index (χ4n) is 2.66. The molecular weight excluding hydrogens is 392 g/mol. The number of amides is 1. The Hall–Kier alpha value is -2.06. The lowest BCUT2D eigenvalue weighted by Crippen LogP contribution is -2.49. The van der Waals surface area contributed by atoms with Crippen LogP contribution in [0.25, 0.3) is 0 Å². The number of halogens is 5. The monoisotopic (exact) mass is 404 g/mol. The number of pyridine rings is 2. The Morgan fingerprint density at radius 3 is 2.35 bits per heavy atom. The molecule has 1 amide bonds. The molecule has 0 unspecified atom stereocenters. The summed E-state index contributed by atoms with van der Waals surface area (Å²) < 4.78 is 38.1. The molecule has 0 saturated carbocycles. The van der Waals surface area contributed by atoms with E-state index in [4.69, 9.17) is 23.2 Å². The molecule has 0 N–H and O–H groups in total. The lowest BCUT2D eigenvalue weighted by atomic mass is 10.2. The summed E-state index contributed by atoms with van der Waals surface area (Å²) in [5.41, 5.74) is -0.459. The van der Waals surface area contributed by atoms with Crippen LogP contribution in [0, 0.1) is 0 Å². The van der Waals surface area contributed by atoms with Gasteiger partial charge in [-0.05, 0) is 18.2 Å². The van der Waals surface area contributed by atoms with E-state index in [1.54, 1.807) is 15.9 Å². The third-order valence-electron chi connectivity index (χ3n) is 3.99. The van der Waals surface area contributed by atoms with Crippen molar-refractivity contribution in [3.05, 3.63) is 51.9 Å². The van der Waals surface area contributed by atoms with Gasteiger partial charge in [-0.1, -0.05) is 23.2 Å².